The topological polar surface area (TPSA) is 65.1 Å². The average Bonchev–Trinajstić information content (AvgIpc) is 3.23. The molecule has 2 heterocycles. The number of methoxy groups -OCH3 is 1. The van der Waals surface area contributed by atoms with Gasteiger partial charge in [0.05, 0.1) is 32.6 Å². The van der Waals surface area contributed by atoms with Gasteiger partial charge in [-0.1, -0.05) is 18.2 Å². The second-order valence-corrected chi connectivity index (χ2v) is 5.87. The summed E-state index contributed by atoms with van der Waals surface area (Å²) in [7, 11) is 1.57. The number of amides is 1. The van der Waals surface area contributed by atoms with Crippen molar-refractivity contribution >= 4 is 17.4 Å². The van der Waals surface area contributed by atoms with Crippen LogP contribution in [0.3, 0.4) is 0 Å². The van der Waals surface area contributed by atoms with E-state index in [1.807, 2.05) is 12.1 Å². The molecule has 2 aliphatic heterocycles. The molecule has 2 aromatic rings. The lowest BCUT2D eigenvalue weighted by Gasteiger charge is -2.21. The first-order chi connectivity index (χ1) is 12.2. The van der Waals surface area contributed by atoms with Crippen molar-refractivity contribution in [2.75, 3.05) is 31.8 Å². The van der Waals surface area contributed by atoms with E-state index >= 15 is 0 Å². The molecule has 0 aliphatic carbocycles. The summed E-state index contributed by atoms with van der Waals surface area (Å²) >= 11 is 0. The highest BCUT2D eigenvalue weighted by Crippen LogP contribution is 2.45. The molecule has 6 heteroatoms. The Kier molecular flexibility index (Phi) is 3.78. The summed E-state index contributed by atoms with van der Waals surface area (Å²) in [5.41, 5.74) is 1.82. The van der Waals surface area contributed by atoms with E-state index in [1.165, 1.54) is 4.90 Å². The van der Waals surface area contributed by atoms with Crippen LogP contribution in [-0.2, 0) is 20.1 Å². The minimum absolute atomic E-state index is 0.0728. The van der Waals surface area contributed by atoms with Gasteiger partial charge in [0.25, 0.3) is 11.7 Å². The summed E-state index contributed by atoms with van der Waals surface area (Å²) in [4.78, 5) is 27.0. The van der Waals surface area contributed by atoms with Crippen LogP contribution in [0, 0.1) is 0 Å². The number of Topliss-reactive ketones (excluding diaryl/α,β-unsaturated/α-hetero) is 1. The molecule has 4 rings (SSSR count). The maximum atomic E-state index is 13.0. The minimum Gasteiger partial charge on any atom is -0.497 e. The number of ketones is 1. The zero-order chi connectivity index (χ0) is 17.4. The number of rotatable bonds is 4. The van der Waals surface area contributed by atoms with Crippen LogP contribution in [0.4, 0.5) is 5.69 Å². The van der Waals surface area contributed by atoms with Gasteiger partial charge in [-0.15, -0.1) is 0 Å². The number of ether oxygens (including phenoxy) is 3. The molecule has 25 heavy (non-hydrogen) atoms. The third-order valence-electron chi connectivity index (χ3n) is 4.48. The minimum atomic E-state index is -1.41. The summed E-state index contributed by atoms with van der Waals surface area (Å²) in [5, 5.41) is 0. The van der Waals surface area contributed by atoms with Crippen molar-refractivity contribution < 1.29 is 23.8 Å². The molecule has 0 aromatic heterocycles. The standard InChI is InChI=1S/C19H17NO5/c1-23-14-8-6-13(7-9-14)17(21)12-20-16-5-3-2-4-15(16)19(18(20)22)24-10-11-25-19/h2-9H,10-12H2,1H3. The molecule has 1 spiro atoms. The second-order valence-electron chi connectivity index (χ2n) is 5.87. The van der Waals surface area contributed by atoms with E-state index in [-0.39, 0.29) is 18.2 Å². The van der Waals surface area contributed by atoms with Crippen LogP contribution in [0.25, 0.3) is 0 Å². The number of fused-ring (bicyclic) bond motifs is 2. The predicted octanol–water partition coefficient (Wildman–Crippen LogP) is 2.12. The second kappa shape index (κ2) is 5.98. The maximum Gasteiger partial charge on any atom is 0.292 e. The van der Waals surface area contributed by atoms with E-state index < -0.39 is 5.79 Å². The lowest BCUT2D eigenvalue weighted by atomic mass is 10.1. The van der Waals surface area contributed by atoms with Crippen molar-refractivity contribution in [1.29, 1.82) is 0 Å². The van der Waals surface area contributed by atoms with Gasteiger partial charge in [-0.3, -0.25) is 14.5 Å². The van der Waals surface area contributed by atoms with E-state index in [1.54, 1.807) is 43.5 Å². The van der Waals surface area contributed by atoms with Crippen molar-refractivity contribution in [3.05, 3.63) is 59.7 Å². The van der Waals surface area contributed by atoms with Gasteiger partial charge in [0.15, 0.2) is 5.78 Å². The fraction of sp³-hybridized carbons (Fsp3) is 0.263. The summed E-state index contributed by atoms with van der Waals surface area (Å²) in [6, 6.07) is 14.1. The molecule has 1 fully saturated rings. The van der Waals surface area contributed by atoms with Crippen molar-refractivity contribution in [1.82, 2.24) is 0 Å². The Labute approximate surface area is 144 Å². The third kappa shape index (κ3) is 2.42. The molecule has 0 saturated carbocycles. The van der Waals surface area contributed by atoms with Crippen LogP contribution in [-0.4, -0.2) is 38.6 Å². The summed E-state index contributed by atoms with van der Waals surface area (Å²) in [5.74, 6) is -1.25. The number of anilines is 1. The number of hydrogen-bond donors (Lipinski definition) is 0. The molecule has 6 nitrogen and oxygen atoms in total. The number of hydrogen-bond acceptors (Lipinski definition) is 5. The molecular weight excluding hydrogens is 322 g/mol. The van der Waals surface area contributed by atoms with Gasteiger partial charge >= 0.3 is 0 Å². The Morgan fingerprint density at radius 2 is 1.80 bits per heavy atom. The highest BCUT2D eigenvalue weighted by Gasteiger charge is 2.56. The molecule has 2 aliphatic rings. The first-order valence-corrected chi connectivity index (χ1v) is 8.02. The monoisotopic (exact) mass is 339 g/mol. The van der Waals surface area contributed by atoms with Crippen molar-refractivity contribution in [3.8, 4) is 5.75 Å². The summed E-state index contributed by atoms with van der Waals surface area (Å²) in [6.07, 6.45) is 0. The van der Waals surface area contributed by atoms with E-state index in [2.05, 4.69) is 0 Å². The third-order valence-corrected chi connectivity index (χ3v) is 4.48. The van der Waals surface area contributed by atoms with Crippen LogP contribution >= 0.6 is 0 Å². The van der Waals surface area contributed by atoms with E-state index in [9.17, 15) is 9.59 Å². The highest BCUT2D eigenvalue weighted by molar-refractivity contribution is 6.11. The first kappa shape index (κ1) is 15.8. The molecule has 2 aromatic carbocycles. The number of para-hydroxylation sites is 1. The summed E-state index contributed by atoms with van der Waals surface area (Å²) in [6.45, 7) is 0.622. The van der Waals surface area contributed by atoms with Gasteiger partial charge in [-0.25, -0.2) is 0 Å². The van der Waals surface area contributed by atoms with E-state index in [0.717, 1.165) is 0 Å². The Hall–Kier alpha value is -2.70. The van der Waals surface area contributed by atoms with Crippen molar-refractivity contribution in [3.63, 3.8) is 0 Å². The number of benzene rings is 2. The van der Waals surface area contributed by atoms with Crippen LogP contribution in [0.2, 0.25) is 0 Å². The lowest BCUT2D eigenvalue weighted by Crippen LogP contribution is -2.43. The molecular formula is C19H17NO5. The molecule has 0 bridgehead atoms. The van der Waals surface area contributed by atoms with Gasteiger partial charge in [-0.2, -0.15) is 0 Å². The fourth-order valence-corrected chi connectivity index (χ4v) is 3.25. The maximum absolute atomic E-state index is 13.0. The normalized spacial score (nSPS) is 17.8. The van der Waals surface area contributed by atoms with E-state index in [0.29, 0.717) is 35.8 Å². The largest absolute Gasteiger partial charge is 0.497 e. The first-order valence-electron chi connectivity index (χ1n) is 8.02. The van der Waals surface area contributed by atoms with Gasteiger partial charge < -0.3 is 14.2 Å². The molecule has 0 unspecified atom stereocenters. The Morgan fingerprint density at radius 1 is 1.12 bits per heavy atom. The quantitative estimate of drug-likeness (QED) is 0.799. The zero-order valence-electron chi connectivity index (χ0n) is 13.7. The van der Waals surface area contributed by atoms with Gasteiger partial charge in [-0.05, 0) is 30.3 Å². The smallest absolute Gasteiger partial charge is 0.292 e. The Morgan fingerprint density at radius 3 is 2.48 bits per heavy atom. The molecule has 0 atom stereocenters. The lowest BCUT2D eigenvalue weighted by molar-refractivity contribution is -0.180. The predicted molar refractivity (Wildman–Crippen MR) is 89.7 cm³/mol. The van der Waals surface area contributed by atoms with Crippen LogP contribution in [0.15, 0.2) is 48.5 Å². The Bertz CT molecular complexity index is 824. The average molecular weight is 339 g/mol. The molecule has 0 N–H and O–H groups in total. The molecule has 1 saturated heterocycles. The molecule has 128 valence electrons. The number of carbonyl (C=O) groups is 2. The van der Waals surface area contributed by atoms with Crippen LogP contribution in [0.1, 0.15) is 15.9 Å². The van der Waals surface area contributed by atoms with Crippen LogP contribution in [0.5, 0.6) is 5.75 Å². The number of carbonyl (C=O) groups excluding carboxylic acids is 2. The molecule has 0 radical (unpaired) electrons. The fourth-order valence-electron chi connectivity index (χ4n) is 3.25. The van der Waals surface area contributed by atoms with Gasteiger partial charge in [0.1, 0.15) is 5.75 Å². The van der Waals surface area contributed by atoms with Crippen molar-refractivity contribution in [2.24, 2.45) is 0 Å². The highest BCUT2D eigenvalue weighted by atomic mass is 16.7. The van der Waals surface area contributed by atoms with Gasteiger partial charge in [0, 0.05) is 11.1 Å². The zero-order valence-corrected chi connectivity index (χ0v) is 13.7. The molecule has 1 amide bonds. The van der Waals surface area contributed by atoms with Crippen molar-refractivity contribution in [2.45, 2.75) is 5.79 Å². The Balaban J connectivity index is 1.64. The SMILES string of the molecule is COc1ccc(C(=O)CN2C(=O)C3(OCCO3)c3ccccc32)cc1. The number of nitrogens with zero attached hydrogens (tertiary/aromatic N) is 1. The summed E-state index contributed by atoms with van der Waals surface area (Å²) < 4.78 is 16.4. The van der Waals surface area contributed by atoms with Gasteiger partial charge in [0.2, 0.25) is 0 Å². The van der Waals surface area contributed by atoms with E-state index in [4.69, 9.17) is 14.2 Å². The van der Waals surface area contributed by atoms with Crippen LogP contribution < -0.4 is 9.64 Å².